The lowest BCUT2D eigenvalue weighted by Crippen LogP contribution is -2.59. The number of piperidine rings is 1. The van der Waals surface area contributed by atoms with E-state index in [0.29, 0.717) is 0 Å². The van der Waals surface area contributed by atoms with Gasteiger partial charge >= 0.3 is 5.97 Å². The van der Waals surface area contributed by atoms with E-state index in [-0.39, 0.29) is 11.9 Å². The molecule has 2 rings (SSSR count). The number of para-hydroxylation sites is 1. The minimum atomic E-state index is -0.633. The van der Waals surface area contributed by atoms with Crippen molar-refractivity contribution in [3.63, 3.8) is 0 Å². The third kappa shape index (κ3) is 2.59. The number of hydrogen-bond donors (Lipinski definition) is 2. The number of benzene rings is 1. The Bertz CT molecular complexity index is 461. The molecule has 4 heteroatoms. The van der Waals surface area contributed by atoms with Crippen molar-refractivity contribution < 1.29 is 9.53 Å². The van der Waals surface area contributed by atoms with Gasteiger partial charge in [0.05, 0.1) is 7.11 Å². The second-order valence-corrected chi connectivity index (χ2v) is 5.26. The van der Waals surface area contributed by atoms with Gasteiger partial charge in [0, 0.05) is 18.2 Å². The normalized spacial score (nSPS) is 26.8. The van der Waals surface area contributed by atoms with Gasteiger partial charge in [0.2, 0.25) is 0 Å². The lowest BCUT2D eigenvalue weighted by molar-refractivity contribution is -0.148. The summed E-state index contributed by atoms with van der Waals surface area (Å²) in [5.74, 6) is -0.00180. The molecule has 4 nitrogen and oxygen atoms in total. The van der Waals surface area contributed by atoms with E-state index >= 15 is 0 Å². The predicted octanol–water partition coefficient (Wildman–Crippen LogP) is 1.95. The molecule has 0 bridgehead atoms. The molecule has 104 valence electrons. The molecule has 1 saturated heterocycles. The van der Waals surface area contributed by atoms with Gasteiger partial charge in [-0.25, -0.2) is 4.79 Å². The number of esters is 1. The summed E-state index contributed by atoms with van der Waals surface area (Å²) in [6, 6.07) is 8.02. The molecule has 0 spiro atoms. The maximum Gasteiger partial charge on any atom is 0.331 e. The Morgan fingerprint density at radius 2 is 2.21 bits per heavy atom. The Balaban J connectivity index is 2.33. The van der Waals surface area contributed by atoms with Crippen LogP contribution in [0.25, 0.3) is 0 Å². The van der Waals surface area contributed by atoms with Crippen LogP contribution in [0.5, 0.6) is 0 Å². The molecule has 0 radical (unpaired) electrons. The molecule has 1 aromatic carbocycles. The average Bonchev–Trinajstić information content (AvgIpc) is 2.43. The van der Waals surface area contributed by atoms with Gasteiger partial charge in [-0.1, -0.05) is 25.1 Å². The number of ether oxygens (including phenoxy) is 1. The molecule has 1 fully saturated rings. The lowest BCUT2D eigenvalue weighted by Gasteiger charge is -2.41. The Morgan fingerprint density at radius 1 is 1.47 bits per heavy atom. The van der Waals surface area contributed by atoms with Crippen LogP contribution in [0.2, 0.25) is 0 Å². The summed E-state index contributed by atoms with van der Waals surface area (Å²) in [6.07, 6.45) is 0.731. The van der Waals surface area contributed by atoms with Gasteiger partial charge in [-0.2, -0.15) is 0 Å². The number of methoxy groups -OCH3 is 1. The average molecular weight is 262 g/mol. The SMILES string of the molecule is COC(=O)C1(Nc2ccccc2C)CCNCC1C. The van der Waals surface area contributed by atoms with Crippen molar-refractivity contribution in [2.45, 2.75) is 25.8 Å². The minimum Gasteiger partial charge on any atom is -0.467 e. The van der Waals surface area contributed by atoms with Crippen molar-refractivity contribution >= 4 is 11.7 Å². The summed E-state index contributed by atoms with van der Waals surface area (Å²) < 4.78 is 5.05. The molecule has 0 aromatic heterocycles. The fourth-order valence-electron chi connectivity index (χ4n) is 2.70. The third-order valence-corrected chi connectivity index (χ3v) is 4.04. The lowest BCUT2D eigenvalue weighted by atomic mass is 9.79. The van der Waals surface area contributed by atoms with Crippen LogP contribution in [0.3, 0.4) is 0 Å². The molecular weight excluding hydrogens is 240 g/mol. The fourth-order valence-corrected chi connectivity index (χ4v) is 2.70. The Hall–Kier alpha value is -1.55. The van der Waals surface area contributed by atoms with E-state index in [1.54, 1.807) is 0 Å². The van der Waals surface area contributed by atoms with Crippen LogP contribution in [0.15, 0.2) is 24.3 Å². The number of carbonyl (C=O) groups excluding carboxylic acids is 1. The van der Waals surface area contributed by atoms with Gasteiger partial charge in [-0.3, -0.25) is 0 Å². The second-order valence-electron chi connectivity index (χ2n) is 5.26. The van der Waals surface area contributed by atoms with Gasteiger partial charge in [0.1, 0.15) is 5.54 Å². The smallest absolute Gasteiger partial charge is 0.331 e. The highest BCUT2D eigenvalue weighted by Gasteiger charge is 2.46. The molecule has 0 saturated carbocycles. The van der Waals surface area contributed by atoms with Crippen molar-refractivity contribution in [3.8, 4) is 0 Å². The molecule has 2 atom stereocenters. The fraction of sp³-hybridized carbons (Fsp3) is 0.533. The van der Waals surface area contributed by atoms with Crippen molar-refractivity contribution in [2.24, 2.45) is 5.92 Å². The number of carbonyl (C=O) groups is 1. The maximum atomic E-state index is 12.3. The zero-order chi connectivity index (χ0) is 13.9. The van der Waals surface area contributed by atoms with Gasteiger partial charge in [-0.05, 0) is 31.5 Å². The Labute approximate surface area is 114 Å². The zero-order valence-electron chi connectivity index (χ0n) is 11.8. The van der Waals surface area contributed by atoms with E-state index in [9.17, 15) is 4.79 Å². The quantitative estimate of drug-likeness (QED) is 0.818. The van der Waals surface area contributed by atoms with E-state index in [1.165, 1.54) is 7.11 Å². The van der Waals surface area contributed by atoms with Crippen molar-refractivity contribution in [2.75, 3.05) is 25.5 Å². The number of nitrogens with one attached hydrogen (secondary N) is 2. The maximum absolute atomic E-state index is 12.3. The van der Waals surface area contributed by atoms with Crippen LogP contribution in [0, 0.1) is 12.8 Å². The molecule has 1 aliphatic heterocycles. The summed E-state index contributed by atoms with van der Waals surface area (Å²) in [6.45, 7) is 5.75. The van der Waals surface area contributed by atoms with Crippen LogP contribution in [0.1, 0.15) is 18.9 Å². The van der Waals surface area contributed by atoms with E-state index in [2.05, 4.69) is 17.6 Å². The highest BCUT2D eigenvalue weighted by Crippen LogP contribution is 2.31. The minimum absolute atomic E-state index is 0.174. The van der Waals surface area contributed by atoms with E-state index in [0.717, 1.165) is 30.8 Å². The van der Waals surface area contributed by atoms with E-state index in [4.69, 9.17) is 4.74 Å². The number of anilines is 1. The number of hydrogen-bond acceptors (Lipinski definition) is 4. The van der Waals surface area contributed by atoms with Gasteiger partial charge in [0.25, 0.3) is 0 Å². The van der Waals surface area contributed by atoms with E-state index in [1.807, 2.05) is 31.2 Å². The molecule has 19 heavy (non-hydrogen) atoms. The molecule has 2 unspecified atom stereocenters. The topological polar surface area (TPSA) is 50.4 Å². The number of aryl methyl sites for hydroxylation is 1. The molecular formula is C15H22N2O2. The molecule has 1 aliphatic rings. The predicted molar refractivity (Wildman–Crippen MR) is 76.2 cm³/mol. The zero-order valence-corrected chi connectivity index (χ0v) is 11.8. The van der Waals surface area contributed by atoms with Crippen LogP contribution >= 0.6 is 0 Å². The van der Waals surface area contributed by atoms with Gasteiger partial charge < -0.3 is 15.4 Å². The largest absolute Gasteiger partial charge is 0.467 e. The molecule has 0 amide bonds. The monoisotopic (exact) mass is 262 g/mol. The molecule has 0 aliphatic carbocycles. The van der Waals surface area contributed by atoms with E-state index < -0.39 is 5.54 Å². The Morgan fingerprint density at radius 3 is 2.84 bits per heavy atom. The molecule has 2 N–H and O–H groups in total. The van der Waals surface area contributed by atoms with Crippen LogP contribution < -0.4 is 10.6 Å². The summed E-state index contributed by atoms with van der Waals surface area (Å²) in [5, 5.41) is 6.77. The third-order valence-electron chi connectivity index (χ3n) is 4.04. The Kier molecular flexibility index (Phi) is 4.10. The summed E-state index contributed by atoms with van der Waals surface area (Å²) in [4.78, 5) is 12.3. The first-order valence-electron chi connectivity index (χ1n) is 6.73. The highest BCUT2D eigenvalue weighted by molar-refractivity contribution is 5.85. The second kappa shape index (κ2) is 5.61. The van der Waals surface area contributed by atoms with Crippen LogP contribution in [0.4, 0.5) is 5.69 Å². The van der Waals surface area contributed by atoms with Gasteiger partial charge in [0.15, 0.2) is 0 Å². The van der Waals surface area contributed by atoms with Gasteiger partial charge in [-0.15, -0.1) is 0 Å². The van der Waals surface area contributed by atoms with Crippen molar-refractivity contribution in [1.82, 2.24) is 5.32 Å². The first-order chi connectivity index (χ1) is 9.10. The van der Waals surface area contributed by atoms with Crippen LogP contribution in [-0.4, -0.2) is 31.7 Å². The first kappa shape index (κ1) is 13.9. The summed E-state index contributed by atoms with van der Waals surface area (Å²) in [7, 11) is 1.46. The molecule has 1 heterocycles. The summed E-state index contributed by atoms with van der Waals surface area (Å²) in [5.41, 5.74) is 1.50. The van der Waals surface area contributed by atoms with Crippen molar-refractivity contribution in [1.29, 1.82) is 0 Å². The number of rotatable bonds is 3. The standard InChI is InChI=1S/C15H22N2O2/c1-11-6-4-5-7-13(11)17-15(14(18)19-3)8-9-16-10-12(15)2/h4-7,12,16-17H,8-10H2,1-3H3. The highest BCUT2D eigenvalue weighted by atomic mass is 16.5. The molecule has 1 aromatic rings. The van der Waals surface area contributed by atoms with Crippen molar-refractivity contribution in [3.05, 3.63) is 29.8 Å². The first-order valence-corrected chi connectivity index (χ1v) is 6.73. The summed E-state index contributed by atoms with van der Waals surface area (Å²) >= 11 is 0. The van der Waals surface area contributed by atoms with Crippen LogP contribution in [-0.2, 0) is 9.53 Å².